The lowest BCUT2D eigenvalue weighted by atomic mass is 10.2. The van der Waals surface area contributed by atoms with Gasteiger partial charge >= 0.3 is 6.09 Å². The number of nitrogens with two attached hydrogens (primary N) is 1. The zero-order valence-corrected chi connectivity index (χ0v) is 14.9. The maximum atomic E-state index is 12.5. The lowest BCUT2D eigenvalue weighted by Gasteiger charge is -2.34. The number of benzene rings is 1. The van der Waals surface area contributed by atoms with Crippen LogP contribution in [0.5, 0.6) is 5.88 Å². The summed E-state index contributed by atoms with van der Waals surface area (Å²) in [6.45, 7) is 4.99. The van der Waals surface area contributed by atoms with E-state index in [2.05, 4.69) is 10.00 Å². The third kappa shape index (κ3) is 4.40. The topological polar surface area (TPSA) is 96.9 Å². The number of carbonyl (C=O) groups is 1. The molecule has 1 aromatic carbocycles. The number of amides is 1. The van der Waals surface area contributed by atoms with Crippen LogP contribution in [0, 0.1) is 6.92 Å². The molecule has 0 spiro atoms. The van der Waals surface area contributed by atoms with Crippen LogP contribution in [0.2, 0.25) is 0 Å². The molecule has 0 radical (unpaired) electrons. The predicted octanol–water partition coefficient (Wildman–Crippen LogP) is 0.617. The molecule has 2 heterocycles. The van der Waals surface area contributed by atoms with Crippen LogP contribution < -0.4 is 10.5 Å². The Hall–Kier alpha value is -2.42. The molecule has 8 heteroatoms. The van der Waals surface area contributed by atoms with E-state index in [0.29, 0.717) is 38.6 Å². The quantitative estimate of drug-likeness (QED) is 0.812. The number of aromatic nitrogens is 2. The highest BCUT2D eigenvalue weighted by molar-refractivity contribution is 5.70. The van der Waals surface area contributed by atoms with E-state index < -0.39 is 0 Å². The number of hydrogen-bond donors (Lipinski definition) is 2. The van der Waals surface area contributed by atoms with Gasteiger partial charge in [0.1, 0.15) is 0 Å². The number of piperazine rings is 1. The summed E-state index contributed by atoms with van der Waals surface area (Å²) < 4.78 is 7.23. The Kier molecular flexibility index (Phi) is 5.87. The zero-order chi connectivity index (χ0) is 18.5. The van der Waals surface area contributed by atoms with Gasteiger partial charge < -0.3 is 20.5 Å². The highest BCUT2D eigenvalue weighted by Crippen LogP contribution is 2.20. The van der Waals surface area contributed by atoms with Crippen molar-refractivity contribution < 1.29 is 14.6 Å². The Morgan fingerprint density at radius 3 is 2.62 bits per heavy atom. The molecule has 1 atom stereocenters. The van der Waals surface area contributed by atoms with Gasteiger partial charge in [-0.1, -0.05) is 18.2 Å². The van der Waals surface area contributed by atoms with Crippen molar-refractivity contribution in [3.63, 3.8) is 0 Å². The number of rotatable bonds is 5. The first-order chi connectivity index (χ1) is 12.6. The third-order valence-corrected chi connectivity index (χ3v) is 4.35. The predicted molar refractivity (Wildman–Crippen MR) is 97.4 cm³/mol. The van der Waals surface area contributed by atoms with E-state index in [4.69, 9.17) is 15.6 Å². The fourth-order valence-electron chi connectivity index (χ4n) is 2.96. The van der Waals surface area contributed by atoms with Crippen molar-refractivity contribution in [3.05, 3.63) is 42.1 Å². The number of nitrogens with zero attached hydrogens (tertiary/aromatic N) is 4. The van der Waals surface area contributed by atoms with Crippen molar-refractivity contribution in [2.24, 2.45) is 5.73 Å². The smallest absolute Gasteiger partial charge is 0.395 e. The molecule has 8 nitrogen and oxygen atoms in total. The van der Waals surface area contributed by atoms with Gasteiger partial charge in [0.2, 0.25) is 5.88 Å². The van der Waals surface area contributed by atoms with E-state index >= 15 is 0 Å². The Morgan fingerprint density at radius 1 is 1.27 bits per heavy atom. The molecule has 26 heavy (non-hydrogen) atoms. The average molecular weight is 359 g/mol. The van der Waals surface area contributed by atoms with Crippen LogP contribution >= 0.6 is 0 Å². The monoisotopic (exact) mass is 359 g/mol. The second-order valence-electron chi connectivity index (χ2n) is 6.47. The summed E-state index contributed by atoms with van der Waals surface area (Å²) in [4.78, 5) is 16.3. The van der Waals surface area contributed by atoms with E-state index in [1.54, 1.807) is 15.6 Å². The molecule has 140 valence electrons. The summed E-state index contributed by atoms with van der Waals surface area (Å²) in [6.07, 6.45) is -0.381. The van der Waals surface area contributed by atoms with Gasteiger partial charge in [0.05, 0.1) is 18.0 Å². The van der Waals surface area contributed by atoms with Gasteiger partial charge in [0.15, 0.2) is 0 Å². The Balaban J connectivity index is 1.61. The minimum absolute atomic E-state index is 0.0366. The SMILES string of the molecule is Cc1cc(OC(=O)N2CCN(C[C@H](N)CO)CC2)n(-c2ccccc2)n1. The first kappa shape index (κ1) is 18.4. The molecule has 3 rings (SSSR count). The summed E-state index contributed by atoms with van der Waals surface area (Å²) >= 11 is 0. The van der Waals surface area contributed by atoms with Crippen molar-refractivity contribution in [3.8, 4) is 11.6 Å². The molecular weight excluding hydrogens is 334 g/mol. The van der Waals surface area contributed by atoms with Crippen molar-refractivity contribution in [2.45, 2.75) is 13.0 Å². The molecular formula is C18H25N5O3. The number of para-hydroxylation sites is 1. The number of ether oxygens (including phenoxy) is 1. The first-order valence-corrected chi connectivity index (χ1v) is 8.74. The second-order valence-corrected chi connectivity index (χ2v) is 6.47. The van der Waals surface area contributed by atoms with Crippen LogP contribution in [0.25, 0.3) is 5.69 Å². The molecule has 1 aliphatic heterocycles. The summed E-state index contributed by atoms with van der Waals surface area (Å²) in [5.41, 5.74) is 7.38. The van der Waals surface area contributed by atoms with Gasteiger partial charge in [-0.05, 0) is 19.1 Å². The van der Waals surface area contributed by atoms with E-state index in [9.17, 15) is 4.79 Å². The molecule has 0 aliphatic carbocycles. The summed E-state index contributed by atoms with van der Waals surface area (Å²) in [5.74, 6) is 0.406. The minimum Gasteiger partial charge on any atom is -0.395 e. The molecule has 0 unspecified atom stereocenters. The van der Waals surface area contributed by atoms with Crippen LogP contribution in [0.3, 0.4) is 0 Å². The number of carbonyl (C=O) groups excluding carboxylic acids is 1. The number of hydrogen-bond acceptors (Lipinski definition) is 6. The molecule has 1 aromatic heterocycles. The van der Waals surface area contributed by atoms with Crippen LogP contribution in [0.4, 0.5) is 4.79 Å². The van der Waals surface area contributed by atoms with Crippen LogP contribution in [-0.2, 0) is 0 Å². The molecule has 1 amide bonds. The maximum Gasteiger partial charge on any atom is 0.416 e. The zero-order valence-electron chi connectivity index (χ0n) is 14.9. The van der Waals surface area contributed by atoms with Crippen LogP contribution in [0.1, 0.15) is 5.69 Å². The fraction of sp³-hybridized carbons (Fsp3) is 0.444. The van der Waals surface area contributed by atoms with Crippen molar-refractivity contribution in [1.29, 1.82) is 0 Å². The van der Waals surface area contributed by atoms with Crippen LogP contribution in [-0.4, -0.2) is 76.2 Å². The molecule has 1 saturated heterocycles. The van der Waals surface area contributed by atoms with Gasteiger partial charge in [-0.2, -0.15) is 5.10 Å². The molecule has 0 saturated carbocycles. The van der Waals surface area contributed by atoms with E-state index in [-0.39, 0.29) is 18.7 Å². The number of aryl methyl sites for hydroxylation is 1. The van der Waals surface area contributed by atoms with Gasteiger partial charge in [-0.25, -0.2) is 9.48 Å². The summed E-state index contributed by atoms with van der Waals surface area (Å²) in [6, 6.07) is 11.1. The molecule has 1 fully saturated rings. The van der Waals surface area contributed by atoms with E-state index in [1.807, 2.05) is 37.3 Å². The third-order valence-electron chi connectivity index (χ3n) is 4.35. The Morgan fingerprint density at radius 2 is 1.96 bits per heavy atom. The van der Waals surface area contributed by atoms with Crippen molar-refractivity contribution in [2.75, 3.05) is 39.3 Å². The first-order valence-electron chi connectivity index (χ1n) is 8.74. The summed E-state index contributed by atoms with van der Waals surface area (Å²) in [5, 5.41) is 13.5. The lowest BCUT2D eigenvalue weighted by molar-refractivity contribution is 0.101. The Labute approximate surface area is 152 Å². The van der Waals surface area contributed by atoms with E-state index in [1.165, 1.54) is 0 Å². The highest BCUT2D eigenvalue weighted by atomic mass is 16.6. The standard InChI is InChI=1S/C18H25N5O3/c1-14-11-17(23(20-14)16-5-3-2-4-6-16)26-18(25)22-9-7-21(8-10-22)12-15(19)13-24/h2-6,11,15,24H,7-10,12-13,19H2,1H3/t15-/m0/s1. The molecule has 0 bridgehead atoms. The van der Waals surface area contributed by atoms with Gasteiger partial charge in [-0.3, -0.25) is 4.90 Å². The lowest BCUT2D eigenvalue weighted by Crippen LogP contribution is -2.52. The molecule has 3 N–H and O–H groups in total. The molecule has 1 aliphatic rings. The van der Waals surface area contributed by atoms with Gasteiger partial charge in [0.25, 0.3) is 0 Å². The largest absolute Gasteiger partial charge is 0.416 e. The average Bonchev–Trinajstić information content (AvgIpc) is 3.03. The second kappa shape index (κ2) is 8.31. The Bertz CT molecular complexity index is 726. The highest BCUT2D eigenvalue weighted by Gasteiger charge is 2.24. The van der Waals surface area contributed by atoms with Gasteiger partial charge in [-0.15, -0.1) is 0 Å². The van der Waals surface area contributed by atoms with Gasteiger partial charge in [0, 0.05) is 44.8 Å². The van der Waals surface area contributed by atoms with E-state index in [0.717, 1.165) is 11.4 Å². The maximum absolute atomic E-state index is 12.5. The fourth-order valence-corrected chi connectivity index (χ4v) is 2.96. The van der Waals surface area contributed by atoms with Crippen molar-refractivity contribution >= 4 is 6.09 Å². The van der Waals surface area contributed by atoms with Crippen LogP contribution in [0.15, 0.2) is 36.4 Å². The minimum atomic E-state index is -0.381. The van der Waals surface area contributed by atoms with Crippen molar-refractivity contribution in [1.82, 2.24) is 19.6 Å². The normalized spacial score (nSPS) is 16.5. The summed E-state index contributed by atoms with van der Waals surface area (Å²) in [7, 11) is 0. The molecule has 2 aromatic rings. The number of aliphatic hydroxyl groups is 1. The number of aliphatic hydroxyl groups excluding tert-OH is 1.